The summed E-state index contributed by atoms with van der Waals surface area (Å²) in [6.45, 7) is 5.17. The fourth-order valence-electron chi connectivity index (χ4n) is 2.48. The maximum Gasteiger partial charge on any atom is 0.0954 e. The van der Waals surface area contributed by atoms with E-state index in [0.29, 0.717) is 18.5 Å². The van der Waals surface area contributed by atoms with Crippen molar-refractivity contribution in [2.45, 2.75) is 45.6 Å². The standard InChI is InChI=1S/C12H21N3/c1-9(2)12(7-13)15-8-14-10-5-3-4-6-11(10)15/h8-9,12H,3-7,13H2,1-2H3. The van der Waals surface area contributed by atoms with Crippen molar-refractivity contribution in [3.63, 3.8) is 0 Å². The van der Waals surface area contributed by atoms with Gasteiger partial charge in [0.2, 0.25) is 0 Å². The molecule has 2 N–H and O–H groups in total. The van der Waals surface area contributed by atoms with Crippen LogP contribution in [0.15, 0.2) is 6.33 Å². The van der Waals surface area contributed by atoms with Crippen LogP contribution in [0.3, 0.4) is 0 Å². The van der Waals surface area contributed by atoms with Crippen LogP contribution in [0.1, 0.15) is 44.1 Å². The lowest BCUT2D eigenvalue weighted by atomic mass is 9.99. The minimum absolute atomic E-state index is 0.416. The molecule has 1 heterocycles. The minimum atomic E-state index is 0.416. The van der Waals surface area contributed by atoms with Crippen molar-refractivity contribution in [3.05, 3.63) is 17.7 Å². The Balaban J connectivity index is 2.31. The third-order valence-corrected chi connectivity index (χ3v) is 3.43. The van der Waals surface area contributed by atoms with Crippen molar-refractivity contribution < 1.29 is 0 Å². The number of rotatable bonds is 3. The first kappa shape index (κ1) is 10.7. The molecule has 1 aliphatic rings. The molecule has 15 heavy (non-hydrogen) atoms. The molecule has 2 rings (SSSR count). The van der Waals surface area contributed by atoms with Crippen LogP contribution in [-0.4, -0.2) is 16.1 Å². The van der Waals surface area contributed by atoms with Gasteiger partial charge < -0.3 is 10.3 Å². The largest absolute Gasteiger partial charge is 0.330 e. The quantitative estimate of drug-likeness (QED) is 0.823. The van der Waals surface area contributed by atoms with E-state index >= 15 is 0 Å². The summed E-state index contributed by atoms with van der Waals surface area (Å²) in [5.41, 5.74) is 8.59. The zero-order chi connectivity index (χ0) is 10.8. The van der Waals surface area contributed by atoms with Crippen molar-refractivity contribution in [3.8, 4) is 0 Å². The molecule has 84 valence electrons. The summed E-state index contributed by atoms with van der Waals surface area (Å²) in [6, 6.07) is 0.416. The van der Waals surface area contributed by atoms with Gasteiger partial charge in [-0.3, -0.25) is 0 Å². The van der Waals surface area contributed by atoms with Gasteiger partial charge in [-0.2, -0.15) is 0 Å². The third-order valence-electron chi connectivity index (χ3n) is 3.43. The Morgan fingerprint density at radius 2 is 2.13 bits per heavy atom. The monoisotopic (exact) mass is 207 g/mol. The molecule has 0 aromatic carbocycles. The highest BCUT2D eigenvalue weighted by Crippen LogP contribution is 2.25. The first-order chi connectivity index (χ1) is 7.24. The van der Waals surface area contributed by atoms with Gasteiger partial charge >= 0.3 is 0 Å². The average Bonchev–Trinajstić information content (AvgIpc) is 2.63. The lowest BCUT2D eigenvalue weighted by Crippen LogP contribution is -2.25. The molecule has 0 saturated heterocycles. The summed E-state index contributed by atoms with van der Waals surface area (Å²) in [6.07, 6.45) is 6.91. The molecule has 0 fully saturated rings. The van der Waals surface area contributed by atoms with E-state index in [0.717, 1.165) is 6.42 Å². The van der Waals surface area contributed by atoms with Gasteiger partial charge in [0.1, 0.15) is 0 Å². The van der Waals surface area contributed by atoms with E-state index in [4.69, 9.17) is 5.73 Å². The number of hydrogen-bond donors (Lipinski definition) is 1. The summed E-state index contributed by atoms with van der Waals surface area (Å²) in [4.78, 5) is 4.52. The van der Waals surface area contributed by atoms with Crippen molar-refractivity contribution in [1.29, 1.82) is 0 Å². The molecule has 0 saturated carbocycles. The summed E-state index contributed by atoms with van der Waals surface area (Å²) in [5, 5.41) is 0. The number of nitrogens with two attached hydrogens (primary N) is 1. The van der Waals surface area contributed by atoms with E-state index in [1.165, 1.54) is 30.7 Å². The van der Waals surface area contributed by atoms with Crippen LogP contribution in [0.5, 0.6) is 0 Å². The van der Waals surface area contributed by atoms with Crippen molar-refractivity contribution in [2.75, 3.05) is 6.54 Å². The maximum atomic E-state index is 5.85. The van der Waals surface area contributed by atoms with Gasteiger partial charge in [-0.1, -0.05) is 13.8 Å². The summed E-state index contributed by atoms with van der Waals surface area (Å²) >= 11 is 0. The Labute approximate surface area is 91.7 Å². The molecule has 1 aliphatic carbocycles. The van der Waals surface area contributed by atoms with Crippen LogP contribution in [-0.2, 0) is 12.8 Å². The lowest BCUT2D eigenvalue weighted by molar-refractivity contribution is 0.372. The summed E-state index contributed by atoms with van der Waals surface area (Å²) < 4.78 is 2.32. The van der Waals surface area contributed by atoms with Gasteiger partial charge in [-0.15, -0.1) is 0 Å². The SMILES string of the molecule is CC(C)C(CN)n1cnc2c1CCCC2. The van der Waals surface area contributed by atoms with Crippen LogP contribution < -0.4 is 5.73 Å². The Morgan fingerprint density at radius 1 is 1.40 bits per heavy atom. The van der Waals surface area contributed by atoms with Crippen LogP contribution in [0, 0.1) is 5.92 Å². The van der Waals surface area contributed by atoms with Gasteiger partial charge in [-0.05, 0) is 31.6 Å². The Hall–Kier alpha value is -0.830. The second-order valence-electron chi connectivity index (χ2n) is 4.80. The Morgan fingerprint density at radius 3 is 2.80 bits per heavy atom. The molecular weight excluding hydrogens is 186 g/mol. The Bertz CT molecular complexity index is 328. The van der Waals surface area contributed by atoms with E-state index in [2.05, 4.69) is 23.4 Å². The van der Waals surface area contributed by atoms with E-state index in [9.17, 15) is 0 Å². The fraction of sp³-hybridized carbons (Fsp3) is 0.750. The van der Waals surface area contributed by atoms with Gasteiger partial charge in [-0.25, -0.2) is 4.98 Å². The second-order valence-corrected chi connectivity index (χ2v) is 4.80. The lowest BCUT2D eigenvalue weighted by Gasteiger charge is -2.24. The molecule has 1 unspecified atom stereocenters. The van der Waals surface area contributed by atoms with E-state index in [1.54, 1.807) is 0 Å². The van der Waals surface area contributed by atoms with Crippen LogP contribution in [0.4, 0.5) is 0 Å². The Kier molecular flexibility index (Phi) is 3.10. The number of nitrogens with zero attached hydrogens (tertiary/aromatic N) is 2. The first-order valence-corrected chi connectivity index (χ1v) is 5.98. The van der Waals surface area contributed by atoms with Gasteiger partial charge in [0.05, 0.1) is 12.0 Å². The first-order valence-electron chi connectivity index (χ1n) is 5.98. The normalized spacial score (nSPS) is 17.9. The summed E-state index contributed by atoms with van der Waals surface area (Å²) in [5.74, 6) is 0.579. The predicted octanol–water partition coefficient (Wildman–Crippen LogP) is 1.92. The topological polar surface area (TPSA) is 43.8 Å². The van der Waals surface area contributed by atoms with Gasteiger partial charge in [0.25, 0.3) is 0 Å². The zero-order valence-corrected chi connectivity index (χ0v) is 9.74. The number of imidazole rings is 1. The van der Waals surface area contributed by atoms with E-state index in [-0.39, 0.29) is 0 Å². The number of hydrogen-bond acceptors (Lipinski definition) is 2. The van der Waals surface area contributed by atoms with Crippen LogP contribution in [0.25, 0.3) is 0 Å². The molecule has 0 amide bonds. The average molecular weight is 207 g/mol. The molecule has 1 atom stereocenters. The third kappa shape index (κ3) is 1.93. The van der Waals surface area contributed by atoms with E-state index < -0.39 is 0 Å². The van der Waals surface area contributed by atoms with Crippen LogP contribution >= 0.6 is 0 Å². The molecule has 0 radical (unpaired) electrons. The highest BCUT2D eigenvalue weighted by molar-refractivity contribution is 5.17. The minimum Gasteiger partial charge on any atom is -0.330 e. The highest BCUT2D eigenvalue weighted by Gasteiger charge is 2.21. The molecule has 3 heteroatoms. The van der Waals surface area contributed by atoms with Gasteiger partial charge in [0, 0.05) is 18.3 Å². The number of aromatic nitrogens is 2. The number of fused-ring (bicyclic) bond motifs is 1. The van der Waals surface area contributed by atoms with E-state index in [1.807, 2.05) is 6.33 Å². The maximum absolute atomic E-state index is 5.85. The number of aryl methyl sites for hydroxylation is 1. The van der Waals surface area contributed by atoms with Crippen molar-refractivity contribution in [1.82, 2.24) is 9.55 Å². The van der Waals surface area contributed by atoms with Gasteiger partial charge in [0.15, 0.2) is 0 Å². The highest BCUT2D eigenvalue weighted by atomic mass is 15.1. The van der Waals surface area contributed by atoms with Crippen LogP contribution in [0.2, 0.25) is 0 Å². The van der Waals surface area contributed by atoms with Crippen molar-refractivity contribution in [2.24, 2.45) is 11.7 Å². The second kappa shape index (κ2) is 4.35. The molecule has 1 aromatic rings. The molecular formula is C12H21N3. The molecule has 1 aromatic heterocycles. The smallest absolute Gasteiger partial charge is 0.0954 e. The summed E-state index contributed by atoms with van der Waals surface area (Å²) in [7, 11) is 0. The molecule has 0 spiro atoms. The predicted molar refractivity (Wildman–Crippen MR) is 61.8 cm³/mol. The molecule has 3 nitrogen and oxygen atoms in total. The molecule has 0 bridgehead atoms. The fourth-order valence-corrected chi connectivity index (χ4v) is 2.48. The van der Waals surface area contributed by atoms with Crippen molar-refractivity contribution >= 4 is 0 Å². The molecule has 0 aliphatic heterocycles. The zero-order valence-electron chi connectivity index (χ0n) is 9.74.